The molecule has 42 heavy (non-hydrogen) atoms. The Bertz CT molecular complexity index is 1680. The zero-order valence-electron chi connectivity index (χ0n) is 23.6. The molecule has 0 aliphatic rings. The molecule has 0 spiro atoms. The molecule has 4 aromatic rings. The molecule has 0 aliphatic carbocycles. The highest BCUT2D eigenvalue weighted by Gasteiger charge is 2.25. The number of carbonyl (C=O) groups is 3. The van der Waals surface area contributed by atoms with Crippen LogP contribution in [0.1, 0.15) is 60.9 Å². The summed E-state index contributed by atoms with van der Waals surface area (Å²) in [4.78, 5) is 49.7. The van der Waals surface area contributed by atoms with Gasteiger partial charge in [-0.1, -0.05) is 13.8 Å². The van der Waals surface area contributed by atoms with Crippen LogP contribution in [-0.4, -0.2) is 42.1 Å². The van der Waals surface area contributed by atoms with Crippen LogP contribution in [0.3, 0.4) is 0 Å². The van der Waals surface area contributed by atoms with Crippen molar-refractivity contribution in [3.8, 4) is 11.1 Å². The number of primary amides is 1. The maximum Gasteiger partial charge on any atom is 0.305 e. The van der Waals surface area contributed by atoms with Crippen molar-refractivity contribution in [2.45, 2.75) is 46.1 Å². The summed E-state index contributed by atoms with van der Waals surface area (Å²) in [6, 6.07) is 7.55. The molecular weight excluding hydrogens is 550 g/mol. The first-order valence-corrected chi connectivity index (χ1v) is 13.1. The predicted octanol–water partition coefficient (Wildman–Crippen LogP) is 3.54. The fourth-order valence-electron chi connectivity index (χ4n) is 4.14. The first-order valence-electron chi connectivity index (χ1n) is 13.1. The van der Waals surface area contributed by atoms with Gasteiger partial charge in [0.15, 0.2) is 17.3 Å². The predicted molar refractivity (Wildman–Crippen MR) is 150 cm³/mol. The average molecular weight is 583 g/mol. The maximum absolute atomic E-state index is 14.7. The van der Waals surface area contributed by atoms with Crippen LogP contribution in [0.4, 0.5) is 8.78 Å². The summed E-state index contributed by atoms with van der Waals surface area (Å²) in [5.74, 6) is -3.90. The van der Waals surface area contributed by atoms with Crippen molar-refractivity contribution < 1.29 is 28.3 Å². The molecule has 4 N–H and O–H groups in total. The molecule has 0 unspecified atom stereocenters. The largest absolute Gasteiger partial charge is 0.481 e. The number of aryl methyl sites for hydroxylation is 2. The molecule has 1 atom stereocenters. The molecule has 0 radical (unpaired) electrons. The molecule has 222 valence electrons. The van der Waals surface area contributed by atoms with Crippen LogP contribution in [0.5, 0.6) is 0 Å². The quantitative estimate of drug-likeness (QED) is 0.272. The van der Waals surface area contributed by atoms with Crippen molar-refractivity contribution in [3.63, 3.8) is 0 Å². The topological polar surface area (TPSA) is 162 Å². The maximum atomic E-state index is 14.7. The van der Waals surface area contributed by atoms with E-state index < -0.39 is 41.9 Å². The summed E-state index contributed by atoms with van der Waals surface area (Å²) < 4.78 is 32.1. The normalized spacial score (nSPS) is 11.6. The van der Waals surface area contributed by atoms with Gasteiger partial charge in [-0.3, -0.25) is 19.2 Å². The van der Waals surface area contributed by atoms with Crippen LogP contribution in [0.2, 0.25) is 0 Å². The van der Waals surface area contributed by atoms with E-state index in [-0.39, 0.29) is 29.0 Å². The number of amides is 2. The fraction of sp³-hybridized carbons (Fsp3) is 0.310. The Labute approximate surface area is 240 Å². The van der Waals surface area contributed by atoms with E-state index in [1.165, 1.54) is 21.2 Å². The number of nitrogens with zero attached hydrogens (tertiary/aromatic N) is 4. The lowest BCUT2D eigenvalue weighted by atomic mass is 9.96. The lowest BCUT2D eigenvalue weighted by Gasteiger charge is -2.20. The van der Waals surface area contributed by atoms with Gasteiger partial charge in [0, 0.05) is 37.0 Å². The Morgan fingerprint density at radius 3 is 2.43 bits per heavy atom. The van der Waals surface area contributed by atoms with Crippen molar-refractivity contribution in [1.29, 1.82) is 0 Å². The van der Waals surface area contributed by atoms with E-state index in [1.54, 1.807) is 44.6 Å². The van der Waals surface area contributed by atoms with Crippen LogP contribution >= 0.6 is 0 Å². The van der Waals surface area contributed by atoms with E-state index >= 15 is 0 Å². The molecule has 0 aliphatic heterocycles. The van der Waals surface area contributed by atoms with Crippen LogP contribution in [0.15, 0.2) is 53.6 Å². The summed E-state index contributed by atoms with van der Waals surface area (Å²) >= 11 is 0. The van der Waals surface area contributed by atoms with Gasteiger partial charge in [-0.25, -0.2) is 18.3 Å². The van der Waals surface area contributed by atoms with Crippen LogP contribution < -0.4 is 16.6 Å². The number of carboxylic acid groups (broad SMARTS) is 1. The third-order valence-electron chi connectivity index (χ3n) is 6.26. The van der Waals surface area contributed by atoms with E-state index in [0.29, 0.717) is 29.0 Å². The van der Waals surface area contributed by atoms with Gasteiger partial charge in [-0.15, -0.1) is 0 Å². The summed E-state index contributed by atoms with van der Waals surface area (Å²) in [5.41, 5.74) is 5.62. The number of pyridine rings is 2. The highest BCUT2D eigenvalue weighted by atomic mass is 19.2. The van der Waals surface area contributed by atoms with E-state index in [9.17, 15) is 33.1 Å². The van der Waals surface area contributed by atoms with E-state index in [1.807, 2.05) is 13.8 Å². The molecule has 13 heteroatoms. The van der Waals surface area contributed by atoms with E-state index in [2.05, 4.69) is 15.4 Å². The third kappa shape index (κ3) is 7.83. The van der Waals surface area contributed by atoms with Crippen LogP contribution in [0.25, 0.3) is 16.8 Å². The number of nitrogens with two attached hydrogens (primary N) is 1. The monoisotopic (exact) mass is 582 g/mol. The minimum absolute atomic E-state index is 0.0231. The molecule has 3 aromatic heterocycles. The number of hydrogen-bond donors (Lipinski definition) is 3. The minimum Gasteiger partial charge on any atom is -0.481 e. The highest BCUT2D eigenvalue weighted by Crippen LogP contribution is 2.31. The second-order valence-electron chi connectivity index (χ2n) is 10.1. The number of halogens is 2. The van der Waals surface area contributed by atoms with Gasteiger partial charge in [0.2, 0.25) is 5.91 Å². The number of hydrogen-bond acceptors (Lipinski definition) is 6. The Hall–Kier alpha value is -4.94. The van der Waals surface area contributed by atoms with Crippen molar-refractivity contribution >= 4 is 23.4 Å². The molecule has 0 fully saturated rings. The second kappa shape index (κ2) is 13.6. The van der Waals surface area contributed by atoms with Gasteiger partial charge in [-0.05, 0) is 61.2 Å². The molecule has 2 amide bonds. The average Bonchev–Trinajstić information content (AvgIpc) is 3.30. The first kappa shape index (κ1) is 31.6. The molecule has 3 heterocycles. The van der Waals surface area contributed by atoms with Gasteiger partial charge in [-0.2, -0.15) is 5.10 Å². The molecular formula is C29H32F2N6O5. The Balaban J connectivity index is 0.000000369. The molecule has 4 rings (SSSR count). The molecule has 0 bridgehead atoms. The minimum atomic E-state index is -1.24. The first-order chi connectivity index (χ1) is 19.8. The Morgan fingerprint density at radius 2 is 1.81 bits per heavy atom. The lowest BCUT2D eigenvalue weighted by molar-refractivity contribution is -0.137. The molecule has 0 saturated carbocycles. The summed E-state index contributed by atoms with van der Waals surface area (Å²) in [6.07, 6.45) is 3.42. The summed E-state index contributed by atoms with van der Waals surface area (Å²) in [7, 11) is 1.56. The molecule has 11 nitrogen and oxygen atoms in total. The van der Waals surface area contributed by atoms with Crippen molar-refractivity contribution in [2.75, 3.05) is 0 Å². The highest BCUT2D eigenvalue weighted by molar-refractivity contribution is 5.92. The number of aliphatic carboxylic acids is 1. The number of aromatic nitrogens is 4. The van der Waals surface area contributed by atoms with Crippen molar-refractivity contribution in [3.05, 3.63) is 87.7 Å². The van der Waals surface area contributed by atoms with E-state index in [4.69, 9.17) is 5.73 Å². The van der Waals surface area contributed by atoms with Gasteiger partial charge in [0.25, 0.3) is 11.5 Å². The van der Waals surface area contributed by atoms with Crippen molar-refractivity contribution in [2.24, 2.45) is 18.7 Å². The Kier molecular flexibility index (Phi) is 10.2. The fourth-order valence-corrected chi connectivity index (χ4v) is 4.14. The van der Waals surface area contributed by atoms with Gasteiger partial charge < -0.3 is 20.7 Å². The van der Waals surface area contributed by atoms with Crippen molar-refractivity contribution in [1.82, 2.24) is 24.5 Å². The van der Waals surface area contributed by atoms with Gasteiger partial charge in [0.05, 0.1) is 12.5 Å². The molecule has 1 aromatic carbocycles. The standard InChI is InChI=1S/C22H24F2N4O3.C7H8N2O2/c1-12(2)6-7-19(29)26-18(11-20(30)31)16-9-14(10-17(23)21(16)24)15-5-4-8-28-22(15)25-13(3)27-28;1-9-4-2-3-5(6(8)10)7(9)11/h4-5,8-10,12,18H,6-7,11H2,1-3H3,(H,26,29)(H,30,31);2-4H,1H3,(H2,8,10)/t18-;/m0./s1. The number of nitrogens with one attached hydrogen (secondary N) is 1. The van der Waals surface area contributed by atoms with Gasteiger partial charge >= 0.3 is 5.97 Å². The molecule has 0 saturated heterocycles. The lowest BCUT2D eigenvalue weighted by Crippen LogP contribution is -2.31. The SMILES string of the molecule is Cc1nc2c(-c3cc(F)c(F)c([C@H](CC(=O)O)NC(=O)CCC(C)C)c3)cccn2n1.Cn1cccc(C(N)=O)c1=O. The zero-order chi connectivity index (χ0) is 31.1. The van der Waals surface area contributed by atoms with Crippen LogP contribution in [0, 0.1) is 24.5 Å². The Morgan fingerprint density at radius 1 is 1.12 bits per heavy atom. The number of fused-ring (bicyclic) bond motifs is 1. The number of benzene rings is 1. The third-order valence-corrected chi connectivity index (χ3v) is 6.26. The zero-order valence-corrected chi connectivity index (χ0v) is 23.6. The van der Waals surface area contributed by atoms with Crippen LogP contribution in [-0.2, 0) is 16.6 Å². The van der Waals surface area contributed by atoms with E-state index in [0.717, 1.165) is 6.07 Å². The summed E-state index contributed by atoms with van der Waals surface area (Å²) in [5, 5.41) is 16.0. The van der Waals surface area contributed by atoms with Gasteiger partial charge in [0.1, 0.15) is 11.4 Å². The second-order valence-corrected chi connectivity index (χ2v) is 10.1. The number of rotatable bonds is 9. The smallest absolute Gasteiger partial charge is 0.305 e. The number of carbonyl (C=O) groups excluding carboxylic acids is 2. The summed E-state index contributed by atoms with van der Waals surface area (Å²) in [6.45, 7) is 5.61. The number of carboxylic acids is 1.